The monoisotopic (exact) mass is 248 g/mol. The van der Waals surface area contributed by atoms with Gasteiger partial charge in [-0.15, -0.1) is 0 Å². The highest BCUT2D eigenvalue weighted by Crippen LogP contribution is 2.26. The lowest BCUT2D eigenvalue weighted by Gasteiger charge is -2.25. The number of hydrogen-bond acceptors (Lipinski definition) is 3. The van der Waals surface area contributed by atoms with Crippen LogP contribution in [-0.2, 0) is 20.0 Å². The van der Waals surface area contributed by atoms with Gasteiger partial charge < -0.3 is 5.32 Å². The highest BCUT2D eigenvalue weighted by molar-refractivity contribution is 5.48. The molecule has 0 aromatic carbocycles. The lowest BCUT2D eigenvalue weighted by Crippen LogP contribution is -2.29. The molecule has 1 aromatic heterocycles. The van der Waals surface area contributed by atoms with Crippen LogP contribution in [0.2, 0.25) is 0 Å². The van der Waals surface area contributed by atoms with E-state index in [1.807, 2.05) is 4.68 Å². The molecule has 0 atom stereocenters. The summed E-state index contributed by atoms with van der Waals surface area (Å²) in [7, 11) is 2.07. The molecule has 18 heavy (non-hydrogen) atoms. The molecule has 2 aliphatic rings. The lowest BCUT2D eigenvalue weighted by molar-refractivity contribution is 0.217. The van der Waals surface area contributed by atoms with Crippen LogP contribution in [0.5, 0.6) is 0 Å². The van der Waals surface area contributed by atoms with Crippen molar-refractivity contribution in [3.05, 3.63) is 11.3 Å². The first-order valence-corrected chi connectivity index (χ1v) is 7.35. The number of nitrogens with zero attached hydrogens (tertiary/aromatic N) is 3. The number of nitrogens with one attached hydrogen (secondary N) is 1. The van der Waals surface area contributed by atoms with Crippen LogP contribution >= 0.6 is 0 Å². The second-order valence-corrected chi connectivity index (χ2v) is 5.62. The van der Waals surface area contributed by atoms with E-state index in [1.54, 1.807) is 0 Å². The van der Waals surface area contributed by atoms with E-state index >= 15 is 0 Å². The number of anilines is 1. The third kappa shape index (κ3) is 2.39. The maximum Gasteiger partial charge on any atom is 0.127 e. The molecule has 3 heterocycles. The van der Waals surface area contributed by atoms with Gasteiger partial charge in [-0.3, -0.25) is 9.58 Å². The number of rotatable bonds is 2. The molecule has 0 aliphatic carbocycles. The quantitative estimate of drug-likeness (QED) is 0.870. The van der Waals surface area contributed by atoms with Crippen LogP contribution in [0.25, 0.3) is 0 Å². The fourth-order valence-electron chi connectivity index (χ4n) is 3.20. The van der Waals surface area contributed by atoms with Crippen molar-refractivity contribution in [3.8, 4) is 0 Å². The third-order valence-electron chi connectivity index (χ3n) is 4.20. The molecule has 1 saturated heterocycles. The molecule has 1 N–H and O–H groups in total. The van der Waals surface area contributed by atoms with Gasteiger partial charge in [-0.05, 0) is 45.2 Å². The first-order valence-electron chi connectivity index (χ1n) is 7.35. The van der Waals surface area contributed by atoms with Gasteiger partial charge in [0, 0.05) is 25.7 Å². The molecular formula is C14H24N4. The number of aromatic nitrogens is 2. The maximum atomic E-state index is 4.74. The van der Waals surface area contributed by atoms with Gasteiger partial charge in [0.25, 0.3) is 0 Å². The van der Waals surface area contributed by atoms with Crippen molar-refractivity contribution in [3.63, 3.8) is 0 Å². The maximum absolute atomic E-state index is 4.74. The van der Waals surface area contributed by atoms with Gasteiger partial charge in [0.05, 0.1) is 5.69 Å². The van der Waals surface area contributed by atoms with E-state index in [-0.39, 0.29) is 0 Å². The zero-order valence-electron chi connectivity index (χ0n) is 11.4. The van der Waals surface area contributed by atoms with Gasteiger partial charge in [0.1, 0.15) is 5.82 Å². The topological polar surface area (TPSA) is 33.1 Å². The number of hydrogen-bond donors (Lipinski definition) is 1. The zero-order chi connectivity index (χ0) is 12.4. The van der Waals surface area contributed by atoms with Crippen LogP contribution in [0.15, 0.2) is 0 Å². The van der Waals surface area contributed by atoms with Gasteiger partial charge in [-0.25, -0.2) is 0 Å². The van der Waals surface area contributed by atoms with Crippen molar-refractivity contribution in [2.75, 3.05) is 25.0 Å². The number of fused-ring (bicyclic) bond motifs is 1. The SMILES string of the molecule is Cn1nc(CN2CCCCC2)c2c1NCCCC2. The molecule has 0 saturated carbocycles. The van der Waals surface area contributed by atoms with E-state index in [0.29, 0.717) is 0 Å². The highest BCUT2D eigenvalue weighted by atomic mass is 15.3. The molecule has 0 unspecified atom stereocenters. The lowest BCUT2D eigenvalue weighted by atomic mass is 10.1. The second kappa shape index (κ2) is 5.31. The van der Waals surface area contributed by atoms with Crippen LogP contribution < -0.4 is 5.32 Å². The Balaban J connectivity index is 1.78. The minimum Gasteiger partial charge on any atom is -0.370 e. The van der Waals surface area contributed by atoms with Crippen LogP contribution in [-0.4, -0.2) is 34.3 Å². The van der Waals surface area contributed by atoms with Crippen molar-refractivity contribution < 1.29 is 0 Å². The zero-order valence-corrected chi connectivity index (χ0v) is 11.4. The van der Waals surface area contributed by atoms with Crippen LogP contribution in [0.1, 0.15) is 43.4 Å². The molecule has 4 heteroatoms. The van der Waals surface area contributed by atoms with Crippen LogP contribution in [0.4, 0.5) is 5.82 Å². The summed E-state index contributed by atoms with van der Waals surface area (Å²) in [5, 5.41) is 8.27. The summed E-state index contributed by atoms with van der Waals surface area (Å²) in [6, 6.07) is 0. The van der Waals surface area contributed by atoms with Gasteiger partial charge in [0.15, 0.2) is 0 Å². The molecule has 1 fully saturated rings. The first-order chi connectivity index (χ1) is 8.84. The Kier molecular flexibility index (Phi) is 3.55. The van der Waals surface area contributed by atoms with Gasteiger partial charge >= 0.3 is 0 Å². The van der Waals surface area contributed by atoms with E-state index < -0.39 is 0 Å². The van der Waals surface area contributed by atoms with Crippen molar-refractivity contribution in [1.29, 1.82) is 0 Å². The standard InChI is InChI=1S/C14H24N4/c1-17-14-12(7-3-4-8-15-14)13(16-17)11-18-9-5-2-6-10-18/h15H,2-11H2,1H3. The smallest absolute Gasteiger partial charge is 0.127 e. The van der Waals surface area contributed by atoms with Gasteiger partial charge in [-0.1, -0.05) is 6.42 Å². The molecule has 2 aliphatic heterocycles. The van der Waals surface area contributed by atoms with Crippen molar-refractivity contribution in [1.82, 2.24) is 14.7 Å². The fraction of sp³-hybridized carbons (Fsp3) is 0.786. The predicted octanol–water partition coefficient (Wildman–Crippen LogP) is 2.15. The fourth-order valence-corrected chi connectivity index (χ4v) is 3.20. The molecule has 100 valence electrons. The highest BCUT2D eigenvalue weighted by Gasteiger charge is 2.20. The molecular weight excluding hydrogens is 224 g/mol. The molecule has 4 nitrogen and oxygen atoms in total. The normalized spacial score (nSPS) is 21.2. The largest absolute Gasteiger partial charge is 0.370 e. The molecule has 0 radical (unpaired) electrons. The van der Waals surface area contributed by atoms with Crippen LogP contribution in [0.3, 0.4) is 0 Å². The van der Waals surface area contributed by atoms with Crippen LogP contribution in [0, 0.1) is 0 Å². The Bertz CT molecular complexity index is 404. The summed E-state index contributed by atoms with van der Waals surface area (Å²) in [4.78, 5) is 2.57. The Labute approximate surface area is 109 Å². The second-order valence-electron chi connectivity index (χ2n) is 5.62. The van der Waals surface area contributed by atoms with E-state index in [1.165, 1.54) is 68.7 Å². The Morgan fingerprint density at radius 3 is 2.78 bits per heavy atom. The van der Waals surface area contributed by atoms with Gasteiger partial charge in [-0.2, -0.15) is 5.10 Å². The minimum absolute atomic E-state index is 1.05. The van der Waals surface area contributed by atoms with E-state index in [9.17, 15) is 0 Å². The minimum atomic E-state index is 1.05. The Morgan fingerprint density at radius 1 is 1.11 bits per heavy atom. The number of likely N-dealkylation sites (tertiary alicyclic amines) is 1. The molecule has 3 rings (SSSR count). The Morgan fingerprint density at radius 2 is 1.94 bits per heavy atom. The molecule has 0 bridgehead atoms. The molecule has 1 aromatic rings. The average molecular weight is 248 g/mol. The van der Waals surface area contributed by atoms with Gasteiger partial charge in [0.2, 0.25) is 0 Å². The summed E-state index contributed by atoms with van der Waals surface area (Å²) < 4.78 is 2.04. The summed E-state index contributed by atoms with van der Waals surface area (Å²) in [6.07, 6.45) is 7.87. The number of piperidine rings is 1. The first kappa shape index (κ1) is 12.0. The molecule has 0 spiro atoms. The van der Waals surface area contributed by atoms with Crippen molar-refractivity contribution in [2.24, 2.45) is 7.05 Å². The van der Waals surface area contributed by atoms with E-state index in [0.717, 1.165) is 13.1 Å². The van der Waals surface area contributed by atoms with E-state index in [4.69, 9.17) is 5.10 Å². The Hall–Kier alpha value is -1.03. The molecule has 0 amide bonds. The summed E-state index contributed by atoms with van der Waals surface area (Å²) in [6.45, 7) is 4.64. The number of aryl methyl sites for hydroxylation is 1. The summed E-state index contributed by atoms with van der Waals surface area (Å²) in [5.74, 6) is 1.26. The summed E-state index contributed by atoms with van der Waals surface area (Å²) >= 11 is 0. The van der Waals surface area contributed by atoms with Crippen molar-refractivity contribution >= 4 is 5.82 Å². The average Bonchev–Trinajstić information content (AvgIpc) is 2.59. The third-order valence-corrected chi connectivity index (χ3v) is 4.20. The van der Waals surface area contributed by atoms with Crippen molar-refractivity contribution in [2.45, 2.75) is 45.1 Å². The van der Waals surface area contributed by atoms with E-state index in [2.05, 4.69) is 17.3 Å². The predicted molar refractivity (Wildman–Crippen MR) is 73.8 cm³/mol. The summed E-state index contributed by atoms with van der Waals surface area (Å²) in [5.41, 5.74) is 2.78.